The van der Waals surface area contributed by atoms with Crippen molar-refractivity contribution in [2.75, 3.05) is 45.9 Å². The normalized spacial score (nSPS) is 25.9. The van der Waals surface area contributed by atoms with Gasteiger partial charge in [0.2, 0.25) is 5.91 Å². The summed E-state index contributed by atoms with van der Waals surface area (Å²) >= 11 is 0. The Kier molecular flexibility index (Phi) is 7.24. The van der Waals surface area contributed by atoms with Crippen LogP contribution < -0.4 is 10.1 Å². The number of ether oxygens (including phenoxy) is 2. The van der Waals surface area contributed by atoms with Crippen molar-refractivity contribution in [3.63, 3.8) is 0 Å². The summed E-state index contributed by atoms with van der Waals surface area (Å²) in [5.74, 6) is 0.433. The summed E-state index contributed by atoms with van der Waals surface area (Å²) in [7, 11) is 0. The van der Waals surface area contributed by atoms with Gasteiger partial charge in [0.15, 0.2) is 6.61 Å². The van der Waals surface area contributed by atoms with E-state index >= 15 is 0 Å². The first-order chi connectivity index (χ1) is 13.5. The van der Waals surface area contributed by atoms with E-state index in [4.69, 9.17) is 9.47 Å². The number of carbonyl (C=O) groups is 2. The van der Waals surface area contributed by atoms with Gasteiger partial charge in [-0.1, -0.05) is 18.2 Å². The molecule has 8 nitrogen and oxygen atoms in total. The number of nitrogens with one attached hydrogen (secondary N) is 1. The summed E-state index contributed by atoms with van der Waals surface area (Å²) < 4.78 is 11.2. The first kappa shape index (κ1) is 20.6. The van der Waals surface area contributed by atoms with Crippen LogP contribution in [0.4, 0.5) is 0 Å². The van der Waals surface area contributed by atoms with Crippen molar-refractivity contribution in [2.45, 2.75) is 31.6 Å². The van der Waals surface area contributed by atoms with Crippen molar-refractivity contribution >= 4 is 11.8 Å². The van der Waals surface area contributed by atoms with Crippen LogP contribution in [0, 0.1) is 0 Å². The van der Waals surface area contributed by atoms with Crippen LogP contribution in [0.25, 0.3) is 0 Å². The summed E-state index contributed by atoms with van der Waals surface area (Å²) in [6, 6.07) is 8.67. The summed E-state index contributed by atoms with van der Waals surface area (Å²) in [5.41, 5.74) is 0. The Labute approximate surface area is 165 Å². The molecule has 2 heterocycles. The lowest BCUT2D eigenvalue weighted by atomic mass is 10.1. The fourth-order valence-corrected chi connectivity index (χ4v) is 3.61. The Morgan fingerprint density at radius 3 is 2.75 bits per heavy atom. The number of aliphatic hydroxyl groups is 1. The molecule has 2 aliphatic heterocycles. The van der Waals surface area contributed by atoms with Gasteiger partial charge in [-0.25, -0.2) is 0 Å². The van der Waals surface area contributed by atoms with E-state index in [9.17, 15) is 14.7 Å². The van der Waals surface area contributed by atoms with Gasteiger partial charge in [-0.3, -0.25) is 14.5 Å². The minimum atomic E-state index is -0.771. The number of nitrogens with zero attached hydrogens (tertiary/aromatic N) is 2. The van der Waals surface area contributed by atoms with E-state index < -0.39 is 12.1 Å². The van der Waals surface area contributed by atoms with Crippen molar-refractivity contribution in [3.05, 3.63) is 30.3 Å². The largest absolute Gasteiger partial charge is 0.484 e. The third-order valence-electron chi connectivity index (χ3n) is 5.21. The highest BCUT2D eigenvalue weighted by atomic mass is 16.5. The van der Waals surface area contributed by atoms with Crippen molar-refractivity contribution < 1.29 is 24.2 Å². The maximum atomic E-state index is 12.1. The molecular weight excluding hydrogens is 362 g/mol. The van der Waals surface area contributed by atoms with Gasteiger partial charge in [0.05, 0.1) is 18.8 Å². The second-order valence-corrected chi connectivity index (χ2v) is 7.30. The first-order valence-corrected chi connectivity index (χ1v) is 9.77. The number of amides is 2. The van der Waals surface area contributed by atoms with Crippen LogP contribution in [0.2, 0.25) is 0 Å². The molecule has 2 amide bonds. The molecule has 1 aromatic rings. The van der Waals surface area contributed by atoms with Gasteiger partial charge in [-0.05, 0) is 25.1 Å². The Morgan fingerprint density at radius 2 is 2.00 bits per heavy atom. The van der Waals surface area contributed by atoms with Crippen LogP contribution in [0.15, 0.2) is 30.3 Å². The van der Waals surface area contributed by atoms with Crippen LogP contribution >= 0.6 is 0 Å². The van der Waals surface area contributed by atoms with Crippen molar-refractivity contribution in [3.8, 4) is 5.75 Å². The number of rotatable bonds is 6. The third-order valence-corrected chi connectivity index (χ3v) is 5.21. The highest BCUT2D eigenvalue weighted by Gasteiger charge is 2.37. The molecule has 3 atom stereocenters. The van der Waals surface area contributed by atoms with E-state index in [1.165, 1.54) is 0 Å². The number of aliphatic hydroxyl groups excluding tert-OH is 1. The minimum absolute atomic E-state index is 0.0968. The number of hydrogen-bond donors (Lipinski definition) is 2. The zero-order valence-corrected chi connectivity index (χ0v) is 16.3. The molecule has 0 aliphatic carbocycles. The van der Waals surface area contributed by atoms with E-state index in [1.54, 1.807) is 19.1 Å². The van der Waals surface area contributed by atoms with Crippen LogP contribution in [0.1, 0.15) is 13.3 Å². The molecule has 2 saturated heterocycles. The van der Waals surface area contributed by atoms with E-state index in [0.29, 0.717) is 18.8 Å². The Morgan fingerprint density at radius 1 is 1.21 bits per heavy atom. The summed E-state index contributed by atoms with van der Waals surface area (Å²) in [6.07, 6.45) is -0.226. The smallest absolute Gasteiger partial charge is 0.258 e. The molecule has 2 aliphatic rings. The molecule has 0 bridgehead atoms. The number of hydrogen-bond acceptors (Lipinski definition) is 6. The average Bonchev–Trinajstić information content (AvgIpc) is 2.89. The molecule has 2 N–H and O–H groups in total. The summed E-state index contributed by atoms with van der Waals surface area (Å²) in [5, 5.41) is 13.3. The molecule has 154 valence electrons. The highest BCUT2D eigenvalue weighted by Crippen LogP contribution is 2.17. The van der Waals surface area contributed by atoms with Crippen LogP contribution in [-0.4, -0.2) is 90.9 Å². The molecule has 3 rings (SSSR count). The molecule has 1 aromatic carbocycles. The highest BCUT2D eigenvalue weighted by molar-refractivity contribution is 5.78. The molecule has 0 saturated carbocycles. The van der Waals surface area contributed by atoms with Gasteiger partial charge < -0.3 is 24.8 Å². The SMILES string of the molecule is CC(=O)N1CCCN(CC2OCC(NC(=O)COc3ccccc3)C2O)CC1. The minimum Gasteiger partial charge on any atom is -0.484 e. The van der Waals surface area contributed by atoms with Crippen molar-refractivity contribution in [1.82, 2.24) is 15.1 Å². The Hall–Kier alpha value is -2.16. The molecule has 0 radical (unpaired) electrons. The lowest BCUT2D eigenvalue weighted by Gasteiger charge is -2.26. The fourth-order valence-electron chi connectivity index (χ4n) is 3.61. The molecule has 8 heteroatoms. The zero-order valence-electron chi connectivity index (χ0n) is 16.3. The molecule has 0 spiro atoms. The molecule has 0 aromatic heterocycles. The predicted molar refractivity (Wildman–Crippen MR) is 103 cm³/mol. The van der Waals surface area contributed by atoms with Gasteiger partial charge in [-0.15, -0.1) is 0 Å². The molecular formula is C20H29N3O5. The van der Waals surface area contributed by atoms with E-state index in [1.807, 2.05) is 23.1 Å². The van der Waals surface area contributed by atoms with Crippen molar-refractivity contribution in [1.29, 1.82) is 0 Å². The maximum absolute atomic E-state index is 12.1. The van der Waals surface area contributed by atoms with Gasteiger partial charge in [0, 0.05) is 33.1 Å². The lowest BCUT2D eigenvalue weighted by Crippen LogP contribution is -2.48. The average molecular weight is 391 g/mol. The zero-order chi connectivity index (χ0) is 19.9. The topological polar surface area (TPSA) is 91.3 Å². The molecule has 28 heavy (non-hydrogen) atoms. The molecule has 3 unspecified atom stereocenters. The van der Waals surface area contributed by atoms with Crippen LogP contribution in [0.5, 0.6) is 5.75 Å². The second-order valence-electron chi connectivity index (χ2n) is 7.30. The predicted octanol–water partition coefficient (Wildman–Crippen LogP) is -0.136. The monoisotopic (exact) mass is 391 g/mol. The fraction of sp³-hybridized carbons (Fsp3) is 0.600. The van der Waals surface area contributed by atoms with Gasteiger partial charge in [0.1, 0.15) is 11.9 Å². The Bertz CT molecular complexity index is 657. The van der Waals surface area contributed by atoms with E-state index in [-0.39, 0.29) is 31.1 Å². The Balaban J connectivity index is 1.42. The second kappa shape index (κ2) is 9.86. The van der Waals surface area contributed by atoms with E-state index in [2.05, 4.69) is 10.2 Å². The molecule has 2 fully saturated rings. The van der Waals surface area contributed by atoms with Crippen LogP contribution in [-0.2, 0) is 14.3 Å². The van der Waals surface area contributed by atoms with Gasteiger partial charge in [0.25, 0.3) is 5.91 Å². The van der Waals surface area contributed by atoms with Crippen molar-refractivity contribution in [2.24, 2.45) is 0 Å². The van der Waals surface area contributed by atoms with Gasteiger partial charge in [-0.2, -0.15) is 0 Å². The number of carbonyl (C=O) groups excluding carboxylic acids is 2. The third kappa shape index (κ3) is 5.67. The quantitative estimate of drug-likeness (QED) is 0.702. The maximum Gasteiger partial charge on any atom is 0.258 e. The standard InChI is InChI=1S/C20H29N3O5/c1-15(24)23-9-5-8-22(10-11-23)12-18-20(26)17(13-28-18)21-19(25)14-27-16-6-3-2-4-7-16/h2-4,6-7,17-18,20,26H,5,8-14H2,1H3,(H,21,25). The van der Waals surface area contributed by atoms with Gasteiger partial charge >= 0.3 is 0 Å². The number of para-hydroxylation sites is 1. The number of benzene rings is 1. The summed E-state index contributed by atoms with van der Waals surface area (Å²) in [6.45, 7) is 5.41. The first-order valence-electron chi connectivity index (χ1n) is 9.77. The summed E-state index contributed by atoms with van der Waals surface area (Å²) in [4.78, 5) is 27.7. The van der Waals surface area contributed by atoms with Crippen LogP contribution in [0.3, 0.4) is 0 Å². The lowest BCUT2D eigenvalue weighted by molar-refractivity contribution is -0.128. The van der Waals surface area contributed by atoms with E-state index in [0.717, 1.165) is 26.1 Å².